The van der Waals surface area contributed by atoms with E-state index in [4.69, 9.17) is 5.11 Å². The first kappa shape index (κ1) is 17.1. The van der Waals surface area contributed by atoms with E-state index < -0.39 is 0 Å². The Kier molecular flexibility index (Phi) is 7.83. The van der Waals surface area contributed by atoms with Gasteiger partial charge in [-0.05, 0) is 0 Å². The number of aliphatic hydroxyl groups excluding tert-OH is 1. The van der Waals surface area contributed by atoms with Gasteiger partial charge >= 0.3 is 0 Å². The van der Waals surface area contributed by atoms with Gasteiger partial charge in [-0.15, -0.1) is 0 Å². The van der Waals surface area contributed by atoms with E-state index >= 15 is 0 Å². The first-order chi connectivity index (χ1) is 7.81. The van der Waals surface area contributed by atoms with Gasteiger partial charge in [-0.3, -0.25) is 0 Å². The van der Waals surface area contributed by atoms with Crippen LogP contribution in [0.4, 0.5) is 0 Å². The molecule has 0 aliphatic carbocycles. The SMILES string of the molecule is C.Cc1c(CCO)sc[n+]1Cc1ccccc1.[Cl-]. The summed E-state index contributed by atoms with van der Waals surface area (Å²) in [6, 6.07) is 10.4. The Morgan fingerprint density at radius 3 is 2.50 bits per heavy atom. The molecule has 1 N–H and O–H groups in total. The maximum Gasteiger partial charge on any atom is 0.225 e. The van der Waals surface area contributed by atoms with Gasteiger partial charge in [0.1, 0.15) is 0 Å². The maximum atomic E-state index is 8.94. The van der Waals surface area contributed by atoms with E-state index in [0.717, 1.165) is 13.0 Å². The molecule has 1 heterocycles. The monoisotopic (exact) mass is 285 g/mol. The van der Waals surface area contributed by atoms with Crippen LogP contribution < -0.4 is 17.0 Å². The molecular formula is C14H20ClNOS. The van der Waals surface area contributed by atoms with Gasteiger partial charge in [-0.1, -0.05) is 49.1 Å². The summed E-state index contributed by atoms with van der Waals surface area (Å²) in [6.07, 6.45) is 0.762. The second-order valence-electron chi connectivity index (χ2n) is 3.82. The molecule has 0 saturated carbocycles. The van der Waals surface area contributed by atoms with E-state index in [1.54, 1.807) is 11.3 Å². The molecule has 0 atom stereocenters. The van der Waals surface area contributed by atoms with Gasteiger partial charge in [0, 0.05) is 25.5 Å². The molecule has 1 aromatic carbocycles. The molecule has 1 aromatic heterocycles. The van der Waals surface area contributed by atoms with Crippen LogP contribution in [0.2, 0.25) is 0 Å². The quantitative estimate of drug-likeness (QED) is 0.758. The Hall–Kier alpha value is -0.900. The van der Waals surface area contributed by atoms with Gasteiger partial charge in [0.2, 0.25) is 5.51 Å². The lowest BCUT2D eigenvalue weighted by Gasteiger charge is -1.97. The van der Waals surface area contributed by atoms with E-state index in [0.29, 0.717) is 0 Å². The van der Waals surface area contributed by atoms with Crippen LogP contribution in [0, 0.1) is 6.92 Å². The number of aromatic nitrogens is 1. The van der Waals surface area contributed by atoms with Crippen LogP contribution in [0.3, 0.4) is 0 Å². The average Bonchev–Trinajstić information content (AvgIpc) is 2.64. The van der Waals surface area contributed by atoms with Crippen LogP contribution in [-0.2, 0) is 13.0 Å². The molecule has 0 radical (unpaired) electrons. The van der Waals surface area contributed by atoms with Crippen LogP contribution in [0.25, 0.3) is 0 Å². The highest BCUT2D eigenvalue weighted by Crippen LogP contribution is 2.12. The number of benzene rings is 1. The minimum absolute atomic E-state index is 0. The molecule has 2 rings (SSSR count). The number of thiazole rings is 1. The molecule has 2 nitrogen and oxygen atoms in total. The molecule has 0 spiro atoms. The van der Waals surface area contributed by atoms with E-state index in [1.807, 2.05) is 6.07 Å². The number of halogens is 1. The fraction of sp³-hybridized carbons (Fsp3) is 0.357. The minimum atomic E-state index is 0. The van der Waals surface area contributed by atoms with E-state index in [1.165, 1.54) is 16.1 Å². The second-order valence-corrected chi connectivity index (χ2v) is 4.76. The molecule has 0 unspecified atom stereocenters. The normalized spacial score (nSPS) is 9.44. The summed E-state index contributed by atoms with van der Waals surface area (Å²) in [4.78, 5) is 1.28. The molecule has 100 valence electrons. The maximum absolute atomic E-state index is 8.94. The van der Waals surface area contributed by atoms with E-state index in [2.05, 4.69) is 41.3 Å². The lowest BCUT2D eigenvalue weighted by Crippen LogP contribution is -3.00. The zero-order valence-electron chi connectivity index (χ0n) is 9.77. The summed E-state index contributed by atoms with van der Waals surface area (Å²) in [5, 5.41) is 8.94. The number of hydrogen-bond donors (Lipinski definition) is 1. The summed E-state index contributed by atoms with van der Waals surface area (Å²) in [5.41, 5.74) is 4.71. The second kappa shape index (κ2) is 8.25. The van der Waals surface area contributed by atoms with Crippen molar-refractivity contribution in [1.29, 1.82) is 0 Å². The fourth-order valence-corrected chi connectivity index (χ4v) is 2.71. The van der Waals surface area contributed by atoms with Crippen molar-refractivity contribution in [1.82, 2.24) is 0 Å². The van der Waals surface area contributed by atoms with Gasteiger partial charge in [0.15, 0.2) is 12.2 Å². The van der Waals surface area contributed by atoms with Gasteiger partial charge in [0.05, 0.1) is 4.88 Å². The Balaban J connectivity index is 0.00000144. The fourth-order valence-electron chi connectivity index (χ4n) is 1.73. The van der Waals surface area contributed by atoms with Gasteiger partial charge in [-0.25, -0.2) is 0 Å². The van der Waals surface area contributed by atoms with Crippen molar-refractivity contribution in [2.24, 2.45) is 0 Å². The topological polar surface area (TPSA) is 24.1 Å². The molecule has 0 saturated heterocycles. The van der Waals surface area contributed by atoms with Crippen molar-refractivity contribution < 1.29 is 22.1 Å². The summed E-state index contributed by atoms with van der Waals surface area (Å²) < 4.78 is 2.24. The van der Waals surface area contributed by atoms with Crippen LogP contribution >= 0.6 is 11.3 Å². The lowest BCUT2D eigenvalue weighted by atomic mass is 10.2. The number of aliphatic hydroxyl groups is 1. The zero-order valence-corrected chi connectivity index (χ0v) is 11.3. The third-order valence-corrected chi connectivity index (χ3v) is 3.84. The van der Waals surface area contributed by atoms with Crippen molar-refractivity contribution >= 4 is 11.3 Å². The number of rotatable bonds is 4. The first-order valence-corrected chi connectivity index (χ1v) is 6.30. The van der Waals surface area contributed by atoms with E-state index in [9.17, 15) is 0 Å². The minimum Gasteiger partial charge on any atom is -1.00 e. The number of hydrogen-bond acceptors (Lipinski definition) is 2. The molecule has 0 fully saturated rings. The van der Waals surface area contributed by atoms with Gasteiger partial charge < -0.3 is 17.5 Å². The Bertz CT molecular complexity index is 456. The summed E-state index contributed by atoms with van der Waals surface area (Å²) in [5.74, 6) is 0. The molecule has 0 aliphatic heterocycles. The highest BCUT2D eigenvalue weighted by molar-refractivity contribution is 7.09. The molecule has 2 aromatic rings. The van der Waals surface area contributed by atoms with Crippen molar-refractivity contribution in [3.05, 3.63) is 52.0 Å². The van der Waals surface area contributed by atoms with Crippen molar-refractivity contribution in [2.45, 2.75) is 27.3 Å². The molecule has 4 heteroatoms. The first-order valence-electron chi connectivity index (χ1n) is 5.42. The Labute approximate surface area is 119 Å². The van der Waals surface area contributed by atoms with Gasteiger partial charge in [-0.2, -0.15) is 4.57 Å². The standard InChI is InChI=1S/C13H16NOS.CH4.ClH/c1-11-13(7-8-15)16-10-14(11)9-12-5-3-2-4-6-12;;/h2-6,10,15H,7-9H2,1H3;1H4;1H/q+1;;/p-1. The predicted molar refractivity (Wildman–Crippen MR) is 72.3 cm³/mol. The van der Waals surface area contributed by atoms with Crippen LogP contribution in [0.15, 0.2) is 35.8 Å². The predicted octanol–water partition coefficient (Wildman–Crippen LogP) is -0.433. The van der Waals surface area contributed by atoms with E-state index in [-0.39, 0.29) is 26.4 Å². The molecule has 0 amide bonds. The highest BCUT2D eigenvalue weighted by Gasteiger charge is 2.14. The zero-order chi connectivity index (χ0) is 11.4. The van der Waals surface area contributed by atoms with Crippen LogP contribution in [0.1, 0.15) is 23.6 Å². The van der Waals surface area contributed by atoms with Crippen molar-refractivity contribution in [3.63, 3.8) is 0 Å². The smallest absolute Gasteiger partial charge is 0.225 e. The van der Waals surface area contributed by atoms with Crippen molar-refractivity contribution in [3.8, 4) is 0 Å². The summed E-state index contributed by atoms with van der Waals surface area (Å²) in [7, 11) is 0. The van der Waals surface area contributed by atoms with Crippen molar-refractivity contribution in [2.75, 3.05) is 6.61 Å². The Morgan fingerprint density at radius 2 is 1.89 bits per heavy atom. The molecule has 18 heavy (non-hydrogen) atoms. The summed E-state index contributed by atoms with van der Waals surface area (Å²) >= 11 is 1.72. The Morgan fingerprint density at radius 1 is 1.22 bits per heavy atom. The third-order valence-electron chi connectivity index (χ3n) is 2.69. The highest BCUT2D eigenvalue weighted by atomic mass is 35.5. The number of nitrogens with zero attached hydrogens (tertiary/aromatic N) is 1. The molecule has 0 bridgehead atoms. The summed E-state index contributed by atoms with van der Waals surface area (Å²) in [6.45, 7) is 3.26. The largest absolute Gasteiger partial charge is 1.00 e. The lowest BCUT2D eigenvalue weighted by molar-refractivity contribution is -0.689. The average molecular weight is 286 g/mol. The van der Waals surface area contributed by atoms with Crippen LogP contribution in [0.5, 0.6) is 0 Å². The third kappa shape index (κ3) is 4.09. The molecule has 0 aliphatic rings. The van der Waals surface area contributed by atoms with Gasteiger partial charge in [0.25, 0.3) is 0 Å². The van der Waals surface area contributed by atoms with Crippen LogP contribution in [-0.4, -0.2) is 11.7 Å². The molecular weight excluding hydrogens is 266 g/mol.